The summed E-state index contributed by atoms with van der Waals surface area (Å²) in [5.41, 5.74) is 4.67. The lowest BCUT2D eigenvalue weighted by Crippen LogP contribution is -2.24. The highest BCUT2D eigenvalue weighted by molar-refractivity contribution is 7.98. The second kappa shape index (κ2) is 9.38. The molecule has 0 saturated heterocycles. The lowest BCUT2D eigenvalue weighted by molar-refractivity contribution is 0.576. The Morgan fingerprint density at radius 3 is 2.71 bits per heavy atom. The Bertz CT molecular complexity index is 1160. The lowest BCUT2D eigenvalue weighted by atomic mass is 9.94. The molecule has 31 heavy (non-hydrogen) atoms. The smallest absolute Gasteiger partial charge is 0.234 e. The molecule has 1 aliphatic rings. The number of nitrogens with one attached hydrogen (secondary N) is 2. The second-order valence-corrected chi connectivity index (χ2v) is 10.3. The maximum atomic E-state index is 13.2. The SMILES string of the molecule is C[C@H](NS(=O)(=O)/C=C/c1n[nH]c2c1CSCC2Cc1ccc(F)cc1)c1ccccc1. The van der Waals surface area contributed by atoms with Crippen molar-refractivity contribution in [2.75, 3.05) is 5.75 Å². The first-order chi connectivity index (χ1) is 14.9. The van der Waals surface area contributed by atoms with E-state index in [1.807, 2.05) is 37.3 Å². The third-order valence-corrected chi connectivity index (χ3v) is 7.65. The van der Waals surface area contributed by atoms with Crippen molar-refractivity contribution in [3.63, 3.8) is 0 Å². The number of halogens is 1. The molecule has 5 nitrogen and oxygen atoms in total. The molecule has 3 aromatic rings. The number of aromatic amines is 1. The van der Waals surface area contributed by atoms with Gasteiger partial charge in [-0.2, -0.15) is 16.9 Å². The molecule has 162 valence electrons. The van der Waals surface area contributed by atoms with Gasteiger partial charge in [-0.05, 0) is 42.7 Å². The molecule has 1 aromatic heterocycles. The summed E-state index contributed by atoms with van der Waals surface area (Å²) in [6.45, 7) is 1.81. The fourth-order valence-corrected chi connectivity index (χ4v) is 5.93. The van der Waals surface area contributed by atoms with Gasteiger partial charge in [0.15, 0.2) is 0 Å². The molecular formula is C23H24FN3O2S2. The molecule has 0 aliphatic carbocycles. The highest BCUT2D eigenvalue weighted by atomic mass is 32.2. The van der Waals surface area contributed by atoms with Crippen LogP contribution < -0.4 is 4.72 Å². The van der Waals surface area contributed by atoms with Crippen molar-refractivity contribution >= 4 is 27.9 Å². The molecule has 0 amide bonds. The van der Waals surface area contributed by atoms with Crippen LogP contribution in [0.1, 0.15) is 47.0 Å². The maximum Gasteiger partial charge on any atom is 0.234 e. The maximum absolute atomic E-state index is 13.2. The summed E-state index contributed by atoms with van der Waals surface area (Å²) in [5.74, 6) is 1.69. The first-order valence-electron chi connectivity index (χ1n) is 10.1. The van der Waals surface area contributed by atoms with Crippen molar-refractivity contribution in [2.24, 2.45) is 0 Å². The Labute approximate surface area is 186 Å². The van der Waals surface area contributed by atoms with E-state index in [2.05, 4.69) is 14.9 Å². The highest BCUT2D eigenvalue weighted by Crippen LogP contribution is 2.36. The fraction of sp³-hybridized carbons (Fsp3) is 0.261. The average molecular weight is 458 g/mol. The van der Waals surface area contributed by atoms with Gasteiger partial charge in [-0.15, -0.1) is 0 Å². The lowest BCUT2D eigenvalue weighted by Gasteiger charge is -2.22. The van der Waals surface area contributed by atoms with Crippen molar-refractivity contribution in [3.05, 3.63) is 93.9 Å². The van der Waals surface area contributed by atoms with Gasteiger partial charge >= 0.3 is 0 Å². The van der Waals surface area contributed by atoms with E-state index in [-0.39, 0.29) is 17.8 Å². The molecule has 2 aromatic carbocycles. The van der Waals surface area contributed by atoms with E-state index < -0.39 is 10.0 Å². The van der Waals surface area contributed by atoms with Crippen LogP contribution in [0.3, 0.4) is 0 Å². The van der Waals surface area contributed by atoms with E-state index in [0.29, 0.717) is 5.69 Å². The molecule has 2 heterocycles. The molecular weight excluding hydrogens is 433 g/mol. The number of aromatic nitrogens is 2. The summed E-state index contributed by atoms with van der Waals surface area (Å²) in [5, 5.41) is 8.65. The molecule has 4 rings (SSSR count). The van der Waals surface area contributed by atoms with Crippen molar-refractivity contribution in [1.82, 2.24) is 14.9 Å². The van der Waals surface area contributed by atoms with E-state index in [0.717, 1.165) is 40.3 Å². The monoisotopic (exact) mass is 457 g/mol. The van der Waals surface area contributed by atoms with Crippen LogP contribution in [-0.4, -0.2) is 24.4 Å². The van der Waals surface area contributed by atoms with Gasteiger partial charge < -0.3 is 0 Å². The van der Waals surface area contributed by atoms with Gasteiger partial charge in [-0.1, -0.05) is 42.5 Å². The number of nitrogens with zero attached hydrogens (tertiary/aromatic N) is 1. The number of fused-ring (bicyclic) bond motifs is 1. The van der Waals surface area contributed by atoms with Gasteiger partial charge in [0.25, 0.3) is 0 Å². The first-order valence-corrected chi connectivity index (χ1v) is 12.8. The van der Waals surface area contributed by atoms with Gasteiger partial charge in [-0.3, -0.25) is 5.10 Å². The zero-order valence-electron chi connectivity index (χ0n) is 17.1. The number of hydrogen-bond donors (Lipinski definition) is 2. The molecule has 0 saturated carbocycles. The van der Waals surface area contributed by atoms with E-state index in [1.165, 1.54) is 17.5 Å². The summed E-state index contributed by atoms with van der Waals surface area (Å²) in [7, 11) is -3.62. The van der Waals surface area contributed by atoms with Crippen molar-refractivity contribution in [1.29, 1.82) is 0 Å². The summed E-state index contributed by atoms with van der Waals surface area (Å²) >= 11 is 1.80. The van der Waals surface area contributed by atoms with Gasteiger partial charge in [0.2, 0.25) is 10.0 Å². The molecule has 0 fully saturated rings. The van der Waals surface area contributed by atoms with Crippen LogP contribution in [0, 0.1) is 5.82 Å². The van der Waals surface area contributed by atoms with E-state index >= 15 is 0 Å². The van der Waals surface area contributed by atoms with Crippen LogP contribution in [-0.2, 0) is 22.2 Å². The van der Waals surface area contributed by atoms with Crippen molar-refractivity contribution in [3.8, 4) is 0 Å². The third kappa shape index (κ3) is 5.44. The minimum absolute atomic E-state index is 0.224. The fourth-order valence-electron chi connectivity index (χ4n) is 3.72. The summed E-state index contributed by atoms with van der Waals surface area (Å²) in [4.78, 5) is 0. The van der Waals surface area contributed by atoms with Crippen molar-refractivity contribution < 1.29 is 12.8 Å². The summed E-state index contributed by atoms with van der Waals surface area (Å²) in [6, 6.07) is 15.7. The van der Waals surface area contributed by atoms with E-state index in [9.17, 15) is 12.8 Å². The number of rotatable bonds is 7. The van der Waals surface area contributed by atoms with Gasteiger partial charge in [-0.25, -0.2) is 17.5 Å². The van der Waals surface area contributed by atoms with Gasteiger partial charge in [0.05, 0.1) is 5.69 Å². The second-order valence-electron chi connectivity index (χ2n) is 7.64. The molecule has 2 N–H and O–H groups in total. The Hall–Kier alpha value is -2.42. The standard InChI is InChI=1S/C23H24FN3O2S2/c1-16(18-5-3-2-4-6-18)27-31(28,29)12-11-22-21-15-30-14-19(23(21)26-25-22)13-17-7-9-20(24)10-8-17/h2-12,16,19,27H,13-15H2,1H3,(H,25,26)/b12-11+/t16-,19?/m0/s1. The number of benzene rings is 2. The van der Waals surface area contributed by atoms with Crippen LogP contribution in [0.4, 0.5) is 4.39 Å². The summed E-state index contributed by atoms with van der Waals surface area (Å²) in [6.07, 6.45) is 2.33. The van der Waals surface area contributed by atoms with Crippen molar-refractivity contribution in [2.45, 2.75) is 31.1 Å². The van der Waals surface area contributed by atoms with E-state index in [1.54, 1.807) is 30.0 Å². The van der Waals surface area contributed by atoms with Gasteiger partial charge in [0.1, 0.15) is 5.82 Å². The minimum atomic E-state index is -3.62. The molecule has 0 radical (unpaired) electrons. The number of hydrogen-bond acceptors (Lipinski definition) is 4. The molecule has 0 spiro atoms. The zero-order valence-corrected chi connectivity index (χ0v) is 18.7. The molecule has 0 bridgehead atoms. The first kappa shape index (κ1) is 21.8. The van der Waals surface area contributed by atoms with E-state index in [4.69, 9.17) is 0 Å². The number of sulfonamides is 1. The zero-order chi connectivity index (χ0) is 21.8. The Morgan fingerprint density at radius 2 is 1.97 bits per heavy atom. The molecule has 2 atom stereocenters. The number of thioether (sulfide) groups is 1. The normalized spacial score (nSPS) is 17.5. The highest BCUT2D eigenvalue weighted by Gasteiger charge is 2.25. The van der Waals surface area contributed by atoms with Crippen LogP contribution in [0.25, 0.3) is 6.08 Å². The van der Waals surface area contributed by atoms with Crippen LogP contribution >= 0.6 is 11.8 Å². The van der Waals surface area contributed by atoms with Crippen LogP contribution in [0.2, 0.25) is 0 Å². The predicted octanol–water partition coefficient (Wildman–Crippen LogP) is 4.77. The quantitative estimate of drug-likeness (QED) is 0.536. The third-order valence-electron chi connectivity index (χ3n) is 5.35. The Morgan fingerprint density at radius 1 is 1.23 bits per heavy atom. The number of H-pyrrole nitrogens is 1. The molecule has 1 aliphatic heterocycles. The van der Waals surface area contributed by atoms with Gasteiger partial charge in [0, 0.05) is 40.1 Å². The molecule has 8 heteroatoms. The minimum Gasteiger partial charge on any atom is -0.281 e. The van der Waals surface area contributed by atoms with Crippen LogP contribution in [0.5, 0.6) is 0 Å². The average Bonchev–Trinajstić information content (AvgIpc) is 3.18. The Balaban J connectivity index is 1.48. The Kier molecular flexibility index (Phi) is 6.60. The topological polar surface area (TPSA) is 74.8 Å². The van der Waals surface area contributed by atoms with Crippen LogP contribution in [0.15, 0.2) is 60.0 Å². The summed E-state index contributed by atoms with van der Waals surface area (Å²) < 4.78 is 40.9. The largest absolute Gasteiger partial charge is 0.281 e. The predicted molar refractivity (Wildman–Crippen MR) is 124 cm³/mol. The molecule has 1 unspecified atom stereocenters.